The van der Waals surface area contributed by atoms with Crippen molar-refractivity contribution in [2.75, 3.05) is 0 Å². The maximum absolute atomic E-state index is 9.16. The largest absolute Gasteiger partial charge is 0.393 e. The molecular weight excluding hydrogens is 160 g/mol. The zero-order valence-corrected chi connectivity index (χ0v) is 9.55. The minimum Gasteiger partial charge on any atom is -0.393 e. The van der Waals surface area contributed by atoms with Crippen molar-refractivity contribution in [1.29, 1.82) is 0 Å². The van der Waals surface area contributed by atoms with Crippen molar-refractivity contribution in [3.63, 3.8) is 0 Å². The molecule has 0 radical (unpaired) electrons. The molecule has 0 saturated heterocycles. The van der Waals surface area contributed by atoms with Gasteiger partial charge in [-0.25, -0.2) is 0 Å². The van der Waals surface area contributed by atoms with Gasteiger partial charge >= 0.3 is 0 Å². The van der Waals surface area contributed by atoms with Gasteiger partial charge in [-0.2, -0.15) is 0 Å². The molecule has 0 aromatic rings. The third kappa shape index (κ3) is 9.88. The van der Waals surface area contributed by atoms with Crippen LogP contribution < -0.4 is 0 Å². The SMILES string of the molecule is CCCCCCCC(C)CC(C)O. The summed E-state index contributed by atoms with van der Waals surface area (Å²) in [5, 5.41) is 9.16. The maximum atomic E-state index is 9.16. The number of rotatable bonds is 8. The zero-order valence-electron chi connectivity index (χ0n) is 9.55. The molecule has 1 heteroatoms. The van der Waals surface area contributed by atoms with Crippen LogP contribution in [0.1, 0.15) is 65.7 Å². The predicted molar refractivity (Wildman–Crippen MR) is 58.8 cm³/mol. The first-order valence-electron chi connectivity index (χ1n) is 5.84. The Hall–Kier alpha value is -0.0400. The van der Waals surface area contributed by atoms with E-state index in [1.165, 1.54) is 38.5 Å². The van der Waals surface area contributed by atoms with E-state index in [2.05, 4.69) is 13.8 Å². The van der Waals surface area contributed by atoms with Crippen molar-refractivity contribution in [2.24, 2.45) is 5.92 Å². The summed E-state index contributed by atoms with van der Waals surface area (Å²) in [7, 11) is 0. The second-order valence-electron chi connectivity index (χ2n) is 4.39. The molecular formula is C12H26O. The summed E-state index contributed by atoms with van der Waals surface area (Å²) in [5.41, 5.74) is 0. The van der Waals surface area contributed by atoms with E-state index in [0.717, 1.165) is 6.42 Å². The summed E-state index contributed by atoms with van der Waals surface area (Å²) in [6, 6.07) is 0. The lowest BCUT2D eigenvalue weighted by Crippen LogP contribution is -2.06. The molecule has 1 N–H and O–H groups in total. The van der Waals surface area contributed by atoms with Crippen LogP contribution in [0, 0.1) is 5.92 Å². The first-order chi connectivity index (χ1) is 6.16. The summed E-state index contributed by atoms with van der Waals surface area (Å²) in [5.74, 6) is 0.696. The minimum atomic E-state index is -0.120. The van der Waals surface area contributed by atoms with E-state index < -0.39 is 0 Å². The van der Waals surface area contributed by atoms with E-state index in [-0.39, 0.29) is 6.10 Å². The van der Waals surface area contributed by atoms with E-state index in [1.807, 2.05) is 6.92 Å². The molecule has 0 saturated carbocycles. The van der Waals surface area contributed by atoms with Crippen molar-refractivity contribution in [1.82, 2.24) is 0 Å². The summed E-state index contributed by atoms with van der Waals surface area (Å²) >= 11 is 0. The van der Waals surface area contributed by atoms with E-state index in [9.17, 15) is 0 Å². The van der Waals surface area contributed by atoms with Crippen LogP contribution in [-0.2, 0) is 0 Å². The quantitative estimate of drug-likeness (QED) is 0.572. The van der Waals surface area contributed by atoms with E-state index >= 15 is 0 Å². The molecule has 0 bridgehead atoms. The Kier molecular flexibility index (Phi) is 8.53. The van der Waals surface area contributed by atoms with Gasteiger partial charge in [0.05, 0.1) is 6.10 Å². The fourth-order valence-corrected chi connectivity index (χ4v) is 1.80. The molecule has 13 heavy (non-hydrogen) atoms. The fraction of sp³-hybridized carbons (Fsp3) is 1.00. The molecule has 0 aliphatic carbocycles. The number of aliphatic hydroxyl groups excluding tert-OH is 1. The van der Waals surface area contributed by atoms with Gasteiger partial charge < -0.3 is 5.11 Å². The average molecular weight is 186 g/mol. The molecule has 2 atom stereocenters. The van der Waals surface area contributed by atoms with Crippen molar-refractivity contribution in [2.45, 2.75) is 71.8 Å². The van der Waals surface area contributed by atoms with E-state index in [1.54, 1.807) is 0 Å². The highest BCUT2D eigenvalue weighted by Crippen LogP contribution is 2.15. The monoisotopic (exact) mass is 186 g/mol. The van der Waals surface area contributed by atoms with Crippen LogP contribution in [0.5, 0.6) is 0 Å². The highest BCUT2D eigenvalue weighted by molar-refractivity contribution is 4.57. The summed E-state index contributed by atoms with van der Waals surface area (Å²) in [6.07, 6.45) is 8.94. The number of aliphatic hydroxyl groups is 1. The van der Waals surface area contributed by atoms with Gasteiger partial charge in [-0.15, -0.1) is 0 Å². The normalized spacial score (nSPS) is 15.7. The van der Waals surface area contributed by atoms with Gasteiger partial charge in [0.25, 0.3) is 0 Å². The van der Waals surface area contributed by atoms with Gasteiger partial charge in [-0.05, 0) is 19.3 Å². The number of hydrogen-bond donors (Lipinski definition) is 1. The second-order valence-corrected chi connectivity index (χ2v) is 4.39. The van der Waals surface area contributed by atoms with Gasteiger partial charge in [-0.1, -0.05) is 52.4 Å². The Bertz CT molecular complexity index is 99.3. The lowest BCUT2D eigenvalue weighted by atomic mass is 9.97. The van der Waals surface area contributed by atoms with Crippen molar-refractivity contribution in [3.8, 4) is 0 Å². The van der Waals surface area contributed by atoms with Crippen molar-refractivity contribution < 1.29 is 5.11 Å². The Labute approximate surface area is 83.5 Å². The standard InChI is InChI=1S/C12H26O/c1-4-5-6-7-8-9-11(2)10-12(3)13/h11-13H,4-10H2,1-3H3. The molecule has 80 valence electrons. The molecule has 0 aliphatic heterocycles. The zero-order chi connectivity index (χ0) is 10.1. The highest BCUT2D eigenvalue weighted by atomic mass is 16.3. The van der Waals surface area contributed by atoms with E-state index in [0.29, 0.717) is 5.92 Å². The lowest BCUT2D eigenvalue weighted by molar-refractivity contribution is 0.161. The molecule has 0 aromatic heterocycles. The van der Waals surface area contributed by atoms with Crippen LogP contribution in [0.25, 0.3) is 0 Å². The Morgan fingerprint density at radius 2 is 1.62 bits per heavy atom. The molecule has 0 spiro atoms. The third-order valence-electron chi connectivity index (χ3n) is 2.54. The van der Waals surface area contributed by atoms with Gasteiger partial charge in [0.1, 0.15) is 0 Å². The van der Waals surface area contributed by atoms with Gasteiger partial charge in [0.15, 0.2) is 0 Å². The van der Waals surface area contributed by atoms with Gasteiger partial charge in [-0.3, -0.25) is 0 Å². The van der Waals surface area contributed by atoms with Gasteiger partial charge in [0, 0.05) is 0 Å². The van der Waals surface area contributed by atoms with Crippen LogP contribution >= 0.6 is 0 Å². The van der Waals surface area contributed by atoms with Crippen LogP contribution in [0.15, 0.2) is 0 Å². The van der Waals surface area contributed by atoms with Crippen LogP contribution in [0.2, 0.25) is 0 Å². The second kappa shape index (κ2) is 8.55. The fourth-order valence-electron chi connectivity index (χ4n) is 1.80. The number of hydrogen-bond acceptors (Lipinski definition) is 1. The first-order valence-corrected chi connectivity index (χ1v) is 5.84. The molecule has 0 aromatic carbocycles. The summed E-state index contributed by atoms with van der Waals surface area (Å²) in [4.78, 5) is 0. The third-order valence-corrected chi connectivity index (χ3v) is 2.54. The van der Waals surface area contributed by atoms with Gasteiger partial charge in [0.2, 0.25) is 0 Å². The maximum Gasteiger partial charge on any atom is 0.0514 e. The highest BCUT2D eigenvalue weighted by Gasteiger charge is 2.05. The van der Waals surface area contributed by atoms with Crippen LogP contribution in [-0.4, -0.2) is 11.2 Å². The minimum absolute atomic E-state index is 0.120. The first kappa shape index (κ1) is 13.0. The lowest BCUT2D eigenvalue weighted by Gasteiger charge is -2.12. The molecule has 1 nitrogen and oxygen atoms in total. The summed E-state index contributed by atoms with van der Waals surface area (Å²) < 4.78 is 0. The molecule has 0 rings (SSSR count). The van der Waals surface area contributed by atoms with Crippen molar-refractivity contribution >= 4 is 0 Å². The number of unbranched alkanes of at least 4 members (excludes halogenated alkanes) is 4. The molecule has 0 aliphatic rings. The smallest absolute Gasteiger partial charge is 0.0514 e. The van der Waals surface area contributed by atoms with Crippen molar-refractivity contribution in [3.05, 3.63) is 0 Å². The van der Waals surface area contributed by atoms with Crippen LogP contribution in [0.4, 0.5) is 0 Å². The Morgan fingerprint density at radius 1 is 1.00 bits per heavy atom. The van der Waals surface area contributed by atoms with Crippen LogP contribution in [0.3, 0.4) is 0 Å². The molecule has 2 unspecified atom stereocenters. The summed E-state index contributed by atoms with van der Waals surface area (Å²) in [6.45, 7) is 6.37. The molecule has 0 heterocycles. The molecule has 0 fully saturated rings. The molecule has 0 amide bonds. The Morgan fingerprint density at radius 3 is 2.15 bits per heavy atom. The van der Waals surface area contributed by atoms with E-state index in [4.69, 9.17) is 5.11 Å². The topological polar surface area (TPSA) is 20.2 Å². The average Bonchev–Trinajstić information content (AvgIpc) is 2.02. The Balaban J connectivity index is 3.12. The predicted octanol–water partition coefficient (Wildman–Crippen LogP) is 3.75.